The minimum Gasteiger partial charge on any atom is -0.494 e. The van der Waals surface area contributed by atoms with E-state index in [0.717, 1.165) is 16.0 Å². The van der Waals surface area contributed by atoms with Gasteiger partial charge in [0.05, 0.1) is 38.7 Å². The van der Waals surface area contributed by atoms with Crippen LogP contribution in [0.25, 0.3) is 26.8 Å². The molecule has 2 aromatic heterocycles. The second kappa shape index (κ2) is 9.89. The Labute approximate surface area is 209 Å². The molecule has 5 aromatic rings. The molecular formula is C26H22N4O3S2. The van der Waals surface area contributed by atoms with Crippen LogP contribution < -0.4 is 15.6 Å². The summed E-state index contributed by atoms with van der Waals surface area (Å²) in [7, 11) is 0. The number of benzene rings is 3. The van der Waals surface area contributed by atoms with Crippen LogP contribution in [0, 0.1) is 0 Å². The highest BCUT2D eigenvalue weighted by atomic mass is 32.2. The maximum Gasteiger partial charge on any atom is 0.266 e. The largest absolute Gasteiger partial charge is 0.494 e. The van der Waals surface area contributed by atoms with Gasteiger partial charge in [-0.25, -0.2) is 9.97 Å². The molecule has 0 saturated heterocycles. The first-order chi connectivity index (χ1) is 17.0. The lowest BCUT2D eigenvalue weighted by Gasteiger charge is -2.16. The first-order valence-electron chi connectivity index (χ1n) is 11.1. The Bertz CT molecular complexity index is 1580. The number of fused-ring (bicyclic) bond motifs is 2. The predicted octanol–water partition coefficient (Wildman–Crippen LogP) is 5.51. The average Bonchev–Trinajstić information content (AvgIpc) is 3.26. The van der Waals surface area contributed by atoms with E-state index in [-0.39, 0.29) is 11.5 Å². The van der Waals surface area contributed by atoms with E-state index in [1.165, 1.54) is 23.1 Å². The van der Waals surface area contributed by atoms with Crippen molar-refractivity contribution >= 4 is 55.3 Å². The zero-order chi connectivity index (χ0) is 24.4. The van der Waals surface area contributed by atoms with Crippen LogP contribution >= 0.6 is 23.1 Å². The van der Waals surface area contributed by atoms with Gasteiger partial charge in [-0.15, -0.1) is 0 Å². The van der Waals surface area contributed by atoms with Crippen molar-refractivity contribution in [1.82, 2.24) is 14.5 Å². The Morgan fingerprint density at radius 2 is 1.83 bits per heavy atom. The molecule has 0 spiro atoms. The van der Waals surface area contributed by atoms with Crippen molar-refractivity contribution in [2.45, 2.75) is 24.3 Å². The third-order valence-electron chi connectivity index (χ3n) is 5.31. The van der Waals surface area contributed by atoms with E-state index in [4.69, 9.17) is 9.72 Å². The molecule has 35 heavy (non-hydrogen) atoms. The van der Waals surface area contributed by atoms with Crippen molar-refractivity contribution in [3.63, 3.8) is 0 Å². The predicted molar refractivity (Wildman–Crippen MR) is 142 cm³/mol. The SMILES string of the molecule is CCOc1ccc2nc(NC(=O)C(C)Sc3nc4ccccc4c(=O)n3-c3ccccc3)sc2c1. The van der Waals surface area contributed by atoms with Gasteiger partial charge in [0, 0.05) is 0 Å². The molecule has 1 amide bonds. The van der Waals surface area contributed by atoms with E-state index in [0.29, 0.717) is 33.5 Å². The molecule has 1 unspecified atom stereocenters. The normalized spacial score (nSPS) is 12.1. The molecule has 3 aromatic carbocycles. The molecule has 1 atom stereocenters. The number of ether oxygens (including phenoxy) is 1. The van der Waals surface area contributed by atoms with Gasteiger partial charge in [-0.2, -0.15) is 0 Å². The summed E-state index contributed by atoms with van der Waals surface area (Å²) < 4.78 is 8.04. The van der Waals surface area contributed by atoms with Crippen LogP contribution in [0.3, 0.4) is 0 Å². The van der Waals surface area contributed by atoms with Gasteiger partial charge in [0.1, 0.15) is 5.75 Å². The number of para-hydroxylation sites is 2. The topological polar surface area (TPSA) is 86.1 Å². The molecule has 5 rings (SSSR count). The Kier molecular flexibility index (Phi) is 6.52. The van der Waals surface area contributed by atoms with E-state index in [9.17, 15) is 9.59 Å². The average molecular weight is 503 g/mol. The summed E-state index contributed by atoms with van der Waals surface area (Å²) in [6.07, 6.45) is 0. The van der Waals surface area contributed by atoms with Gasteiger partial charge in [0.15, 0.2) is 10.3 Å². The number of aromatic nitrogens is 3. The summed E-state index contributed by atoms with van der Waals surface area (Å²) in [5.41, 5.74) is 1.91. The molecule has 9 heteroatoms. The fourth-order valence-corrected chi connectivity index (χ4v) is 5.45. The number of thiazole rings is 1. The molecule has 1 N–H and O–H groups in total. The number of nitrogens with one attached hydrogen (secondary N) is 1. The zero-order valence-electron chi connectivity index (χ0n) is 19.1. The van der Waals surface area contributed by atoms with E-state index in [2.05, 4.69) is 10.3 Å². The van der Waals surface area contributed by atoms with Crippen LogP contribution in [-0.4, -0.2) is 32.3 Å². The molecule has 0 fully saturated rings. The number of carbonyl (C=O) groups excluding carboxylic acids is 1. The highest BCUT2D eigenvalue weighted by Crippen LogP contribution is 2.31. The van der Waals surface area contributed by atoms with Crippen LogP contribution in [-0.2, 0) is 4.79 Å². The van der Waals surface area contributed by atoms with Gasteiger partial charge < -0.3 is 10.1 Å². The number of nitrogens with zero attached hydrogens (tertiary/aromatic N) is 3. The molecule has 0 radical (unpaired) electrons. The van der Waals surface area contributed by atoms with Crippen molar-refractivity contribution < 1.29 is 9.53 Å². The highest BCUT2D eigenvalue weighted by Gasteiger charge is 2.21. The maximum atomic E-state index is 13.4. The first kappa shape index (κ1) is 23.1. The van der Waals surface area contributed by atoms with Crippen LogP contribution in [0.1, 0.15) is 13.8 Å². The Morgan fingerprint density at radius 1 is 1.06 bits per heavy atom. The molecule has 0 aliphatic rings. The molecule has 0 saturated carbocycles. The second-order valence-electron chi connectivity index (χ2n) is 7.72. The minimum absolute atomic E-state index is 0.173. The number of thioether (sulfide) groups is 1. The molecular weight excluding hydrogens is 480 g/mol. The Morgan fingerprint density at radius 3 is 2.63 bits per heavy atom. The smallest absolute Gasteiger partial charge is 0.266 e. The van der Waals surface area contributed by atoms with E-state index in [1.807, 2.05) is 67.6 Å². The minimum atomic E-state index is -0.524. The molecule has 0 aliphatic carbocycles. The van der Waals surface area contributed by atoms with Gasteiger partial charge >= 0.3 is 0 Å². The van der Waals surface area contributed by atoms with Crippen molar-refractivity contribution in [2.75, 3.05) is 11.9 Å². The van der Waals surface area contributed by atoms with E-state index < -0.39 is 5.25 Å². The number of hydrogen-bond acceptors (Lipinski definition) is 7. The second-order valence-corrected chi connectivity index (χ2v) is 10.1. The number of hydrogen-bond donors (Lipinski definition) is 1. The van der Waals surface area contributed by atoms with Crippen molar-refractivity contribution in [1.29, 1.82) is 0 Å². The van der Waals surface area contributed by atoms with Gasteiger partial charge in [-0.1, -0.05) is 53.4 Å². The standard InChI is InChI=1S/C26H22N4O3S2/c1-3-33-18-13-14-21-22(15-18)35-25(27-21)29-23(31)16(2)34-26-28-20-12-8-7-11-19(20)24(32)30(26)17-9-5-4-6-10-17/h4-16H,3H2,1-2H3,(H,27,29,31). The summed E-state index contributed by atoms with van der Waals surface area (Å²) >= 11 is 2.62. The van der Waals surface area contributed by atoms with Crippen molar-refractivity contribution in [3.8, 4) is 11.4 Å². The fraction of sp³-hybridized carbons (Fsp3) is 0.154. The van der Waals surface area contributed by atoms with Crippen LogP contribution in [0.15, 0.2) is 82.7 Å². The lowest BCUT2D eigenvalue weighted by Crippen LogP contribution is -2.26. The molecule has 0 aliphatic heterocycles. The number of rotatable bonds is 7. The summed E-state index contributed by atoms with van der Waals surface area (Å²) in [4.78, 5) is 35.6. The zero-order valence-corrected chi connectivity index (χ0v) is 20.7. The lowest BCUT2D eigenvalue weighted by atomic mass is 10.2. The summed E-state index contributed by atoms with van der Waals surface area (Å²) in [5, 5.41) is 3.87. The Balaban J connectivity index is 1.43. The van der Waals surface area contributed by atoms with Gasteiger partial charge in [-0.3, -0.25) is 14.2 Å². The first-order valence-corrected chi connectivity index (χ1v) is 12.8. The van der Waals surface area contributed by atoms with E-state index >= 15 is 0 Å². The molecule has 176 valence electrons. The molecule has 7 nitrogen and oxygen atoms in total. The van der Waals surface area contributed by atoms with Gasteiger partial charge in [0.25, 0.3) is 5.56 Å². The summed E-state index contributed by atoms with van der Waals surface area (Å²) in [6, 6.07) is 22.2. The van der Waals surface area contributed by atoms with Crippen LogP contribution in [0.5, 0.6) is 5.75 Å². The van der Waals surface area contributed by atoms with Crippen LogP contribution in [0.2, 0.25) is 0 Å². The highest BCUT2D eigenvalue weighted by molar-refractivity contribution is 8.00. The number of carbonyl (C=O) groups is 1. The Hall–Kier alpha value is -3.69. The summed E-state index contributed by atoms with van der Waals surface area (Å²) in [5.74, 6) is 0.549. The maximum absolute atomic E-state index is 13.4. The quantitative estimate of drug-likeness (QED) is 0.233. The molecule has 0 bridgehead atoms. The van der Waals surface area contributed by atoms with Crippen LogP contribution in [0.4, 0.5) is 5.13 Å². The monoisotopic (exact) mass is 502 g/mol. The number of amides is 1. The van der Waals surface area contributed by atoms with Gasteiger partial charge in [0.2, 0.25) is 5.91 Å². The fourth-order valence-electron chi connectivity index (χ4n) is 3.63. The van der Waals surface area contributed by atoms with Crippen molar-refractivity contribution in [3.05, 3.63) is 83.2 Å². The molecule has 2 heterocycles. The van der Waals surface area contributed by atoms with Crippen molar-refractivity contribution in [2.24, 2.45) is 0 Å². The number of anilines is 1. The third kappa shape index (κ3) is 4.78. The van der Waals surface area contributed by atoms with Gasteiger partial charge in [-0.05, 0) is 56.3 Å². The lowest BCUT2D eigenvalue weighted by molar-refractivity contribution is -0.115. The van der Waals surface area contributed by atoms with E-state index in [1.54, 1.807) is 23.6 Å². The third-order valence-corrected chi connectivity index (χ3v) is 7.30. The summed E-state index contributed by atoms with van der Waals surface area (Å²) in [6.45, 7) is 4.31.